The quantitative estimate of drug-likeness (QED) is 0.565. The monoisotopic (exact) mass is 217 g/mol. The molecule has 0 N–H and O–H groups in total. The number of hydrogen-bond acceptors (Lipinski definition) is 2. The van der Waals surface area contributed by atoms with Gasteiger partial charge in [0.05, 0.1) is 6.54 Å². The molecule has 1 rings (SSSR count). The molecule has 0 heterocycles. The topological polar surface area (TPSA) is 29.4 Å². The number of isocyanates is 1. The standard InChI is InChI=1S/C14H19NO/c1-11-5-6-13(14(2,3)4)9-12(11)7-8-15-10-16/h5-6,9H,7-8H2,1-4H3. The highest BCUT2D eigenvalue weighted by Crippen LogP contribution is 2.24. The van der Waals surface area contributed by atoms with Gasteiger partial charge in [-0.1, -0.05) is 39.0 Å². The molecule has 0 bridgehead atoms. The number of rotatable bonds is 3. The summed E-state index contributed by atoms with van der Waals surface area (Å²) in [6, 6.07) is 6.53. The van der Waals surface area contributed by atoms with Crippen LogP contribution in [0.15, 0.2) is 23.2 Å². The summed E-state index contributed by atoms with van der Waals surface area (Å²) < 4.78 is 0. The second-order valence-corrected chi connectivity index (χ2v) is 5.11. The van der Waals surface area contributed by atoms with E-state index in [1.807, 2.05) is 0 Å². The second-order valence-electron chi connectivity index (χ2n) is 5.11. The normalized spacial score (nSPS) is 11.0. The highest BCUT2D eigenvalue weighted by Gasteiger charge is 2.14. The molecule has 2 heteroatoms. The van der Waals surface area contributed by atoms with Crippen molar-refractivity contribution < 1.29 is 4.79 Å². The van der Waals surface area contributed by atoms with Crippen molar-refractivity contribution in [1.29, 1.82) is 0 Å². The van der Waals surface area contributed by atoms with Gasteiger partial charge in [0.1, 0.15) is 0 Å². The van der Waals surface area contributed by atoms with Gasteiger partial charge in [0.25, 0.3) is 0 Å². The molecular formula is C14H19NO. The lowest BCUT2D eigenvalue weighted by molar-refractivity contribution is 0.562. The molecule has 0 spiro atoms. The zero-order chi connectivity index (χ0) is 12.2. The van der Waals surface area contributed by atoms with Crippen molar-refractivity contribution in [3.63, 3.8) is 0 Å². The minimum atomic E-state index is 0.163. The van der Waals surface area contributed by atoms with E-state index in [1.54, 1.807) is 6.08 Å². The van der Waals surface area contributed by atoms with E-state index < -0.39 is 0 Å². The van der Waals surface area contributed by atoms with E-state index in [0.717, 1.165) is 6.42 Å². The first-order valence-electron chi connectivity index (χ1n) is 5.59. The summed E-state index contributed by atoms with van der Waals surface area (Å²) in [6.45, 7) is 9.21. The molecule has 0 aliphatic carbocycles. The fourth-order valence-electron chi connectivity index (χ4n) is 1.63. The van der Waals surface area contributed by atoms with Crippen molar-refractivity contribution in [2.45, 2.75) is 39.5 Å². The maximum Gasteiger partial charge on any atom is 0.234 e. The average molecular weight is 217 g/mol. The Morgan fingerprint density at radius 1 is 1.31 bits per heavy atom. The Labute approximate surface area is 97.4 Å². The predicted molar refractivity (Wildman–Crippen MR) is 66.6 cm³/mol. The van der Waals surface area contributed by atoms with Crippen molar-refractivity contribution in [3.05, 3.63) is 34.9 Å². The Bertz CT molecular complexity index is 409. The molecule has 0 saturated carbocycles. The number of carbonyl (C=O) groups excluding carboxylic acids is 1. The van der Waals surface area contributed by atoms with Crippen LogP contribution in [-0.2, 0) is 16.6 Å². The first-order valence-corrected chi connectivity index (χ1v) is 5.59. The fraction of sp³-hybridized carbons (Fsp3) is 0.500. The summed E-state index contributed by atoms with van der Waals surface area (Å²) in [6.07, 6.45) is 2.39. The molecule has 0 fully saturated rings. The molecule has 0 aromatic heterocycles. The minimum Gasteiger partial charge on any atom is -0.211 e. The van der Waals surface area contributed by atoms with E-state index in [2.05, 4.69) is 50.9 Å². The largest absolute Gasteiger partial charge is 0.234 e. The lowest BCUT2D eigenvalue weighted by Crippen LogP contribution is -2.12. The third kappa shape index (κ3) is 3.32. The minimum absolute atomic E-state index is 0.163. The first kappa shape index (κ1) is 12.7. The van der Waals surface area contributed by atoms with Gasteiger partial charge in [-0.3, -0.25) is 0 Å². The molecule has 1 aromatic rings. The lowest BCUT2D eigenvalue weighted by atomic mass is 9.85. The molecule has 0 unspecified atom stereocenters. The zero-order valence-electron chi connectivity index (χ0n) is 10.5. The van der Waals surface area contributed by atoms with Crippen LogP contribution in [0.1, 0.15) is 37.5 Å². The molecule has 2 nitrogen and oxygen atoms in total. The van der Waals surface area contributed by atoms with Crippen LogP contribution in [0.5, 0.6) is 0 Å². The summed E-state index contributed by atoms with van der Waals surface area (Å²) in [5.74, 6) is 0. The van der Waals surface area contributed by atoms with E-state index in [0.29, 0.717) is 6.54 Å². The molecule has 0 atom stereocenters. The van der Waals surface area contributed by atoms with Crippen LogP contribution < -0.4 is 0 Å². The van der Waals surface area contributed by atoms with Gasteiger partial charge < -0.3 is 0 Å². The molecule has 0 aliphatic rings. The van der Waals surface area contributed by atoms with Crippen LogP contribution in [0.3, 0.4) is 0 Å². The fourth-order valence-corrected chi connectivity index (χ4v) is 1.63. The number of aliphatic imine (C=N–C) groups is 1. The van der Waals surface area contributed by atoms with Gasteiger partial charge in [0, 0.05) is 0 Å². The van der Waals surface area contributed by atoms with E-state index in [4.69, 9.17) is 0 Å². The van der Waals surface area contributed by atoms with Gasteiger partial charge in [-0.2, -0.15) is 0 Å². The van der Waals surface area contributed by atoms with E-state index in [1.165, 1.54) is 16.7 Å². The number of nitrogens with zero attached hydrogens (tertiary/aromatic N) is 1. The molecule has 0 amide bonds. The third-order valence-corrected chi connectivity index (χ3v) is 2.77. The summed E-state index contributed by atoms with van der Waals surface area (Å²) >= 11 is 0. The van der Waals surface area contributed by atoms with Crippen LogP contribution in [0.4, 0.5) is 0 Å². The summed E-state index contributed by atoms with van der Waals surface area (Å²) in [5, 5.41) is 0. The third-order valence-electron chi connectivity index (χ3n) is 2.77. The van der Waals surface area contributed by atoms with Crippen molar-refractivity contribution in [3.8, 4) is 0 Å². The van der Waals surface area contributed by atoms with Gasteiger partial charge in [0.2, 0.25) is 6.08 Å². The van der Waals surface area contributed by atoms with Crippen LogP contribution in [0, 0.1) is 6.92 Å². The Balaban J connectivity index is 2.95. The molecule has 16 heavy (non-hydrogen) atoms. The Morgan fingerprint density at radius 3 is 2.56 bits per heavy atom. The predicted octanol–water partition coefficient (Wildman–Crippen LogP) is 3.17. The molecule has 1 aromatic carbocycles. The summed E-state index contributed by atoms with van der Waals surface area (Å²) in [4.78, 5) is 13.6. The van der Waals surface area contributed by atoms with Gasteiger partial charge in [-0.05, 0) is 35.4 Å². The maximum absolute atomic E-state index is 10.0. The first-order chi connectivity index (χ1) is 7.45. The van der Waals surface area contributed by atoms with Crippen molar-refractivity contribution in [1.82, 2.24) is 0 Å². The highest BCUT2D eigenvalue weighted by molar-refractivity contribution is 5.36. The Hall–Kier alpha value is -1.40. The second kappa shape index (κ2) is 5.09. The molecule has 86 valence electrons. The molecule has 0 saturated heterocycles. The van der Waals surface area contributed by atoms with Crippen molar-refractivity contribution in [2.24, 2.45) is 4.99 Å². The maximum atomic E-state index is 10.0. The summed E-state index contributed by atoms with van der Waals surface area (Å²) in [7, 11) is 0. The van der Waals surface area contributed by atoms with Gasteiger partial charge in [-0.15, -0.1) is 0 Å². The molecular weight excluding hydrogens is 198 g/mol. The number of hydrogen-bond donors (Lipinski definition) is 0. The molecule has 0 radical (unpaired) electrons. The van der Waals surface area contributed by atoms with Crippen LogP contribution in [0.25, 0.3) is 0 Å². The van der Waals surface area contributed by atoms with E-state index in [9.17, 15) is 4.79 Å². The number of aryl methyl sites for hydroxylation is 1. The smallest absolute Gasteiger partial charge is 0.211 e. The average Bonchev–Trinajstić information content (AvgIpc) is 2.19. The molecule has 0 aliphatic heterocycles. The SMILES string of the molecule is Cc1ccc(C(C)(C)C)cc1CCN=C=O. The lowest BCUT2D eigenvalue weighted by Gasteiger charge is -2.20. The highest BCUT2D eigenvalue weighted by atomic mass is 16.1. The Morgan fingerprint density at radius 2 is 2.00 bits per heavy atom. The van der Waals surface area contributed by atoms with Crippen LogP contribution in [0.2, 0.25) is 0 Å². The van der Waals surface area contributed by atoms with Crippen molar-refractivity contribution >= 4 is 6.08 Å². The van der Waals surface area contributed by atoms with E-state index in [-0.39, 0.29) is 5.41 Å². The van der Waals surface area contributed by atoms with Gasteiger partial charge in [0.15, 0.2) is 0 Å². The van der Waals surface area contributed by atoms with Crippen LogP contribution in [-0.4, -0.2) is 12.6 Å². The van der Waals surface area contributed by atoms with Crippen molar-refractivity contribution in [2.75, 3.05) is 6.54 Å². The summed E-state index contributed by atoms with van der Waals surface area (Å²) in [5.41, 5.74) is 4.01. The number of benzene rings is 1. The zero-order valence-corrected chi connectivity index (χ0v) is 10.5. The Kier molecular flexibility index (Phi) is 4.03. The van der Waals surface area contributed by atoms with E-state index >= 15 is 0 Å². The van der Waals surface area contributed by atoms with Crippen LogP contribution >= 0.6 is 0 Å². The van der Waals surface area contributed by atoms with Gasteiger partial charge in [-0.25, -0.2) is 9.79 Å². The van der Waals surface area contributed by atoms with Gasteiger partial charge >= 0.3 is 0 Å².